The van der Waals surface area contributed by atoms with Crippen LogP contribution in [0.5, 0.6) is 0 Å². The zero-order valence-corrected chi connectivity index (χ0v) is 19.0. The fourth-order valence-electron chi connectivity index (χ4n) is 4.22. The van der Waals surface area contributed by atoms with E-state index in [2.05, 4.69) is 10.0 Å². The lowest BCUT2D eigenvalue weighted by Crippen LogP contribution is -2.38. The van der Waals surface area contributed by atoms with Gasteiger partial charge in [-0.15, -0.1) is 0 Å². The maximum Gasteiger partial charge on any atom is 0.240 e. The predicted octanol–water partition coefficient (Wildman–Crippen LogP) is 2.51. The van der Waals surface area contributed by atoms with E-state index in [0.29, 0.717) is 38.4 Å². The smallest absolute Gasteiger partial charge is 0.240 e. The first-order valence-electron chi connectivity index (χ1n) is 11.2. The van der Waals surface area contributed by atoms with E-state index >= 15 is 0 Å². The van der Waals surface area contributed by atoms with Crippen LogP contribution in [0.4, 0.5) is 5.69 Å². The Morgan fingerprint density at radius 2 is 1.87 bits per heavy atom. The van der Waals surface area contributed by atoms with Crippen LogP contribution in [0.2, 0.25) is 0 Å². The molecular formula is C22H33N3O5S. The summed E-state index contributed by atoms with van der Waals surface area (Å²) in [5, 5.41) is 2.82. The van der Waals surface area contributed by atoms with E-state index in [1.165, 1.54) is 18.6 Å². The van der Waals surface area contributed by atoms with Crippen molar-refractivity contribution in [3.63, 3.8) is 0 Å². The van der Waals surface area contributed by atoms with Crippen molar-refractivity contribution in [3.05, 3.63) is 24.3 Å². The lowest BCUT2D eigenvalue weighted by atomic mass is 9.94. The number of rotatable bonds is 10. The third kappa shape index (κ3) is 6.51. The standard InChI is InChI=1S/C22H33N3O5S/c1-2-30-14-6-13-23-31(28,29)20-11-9-18(10-12-20)24-22(27)17-15-21(26)25(16-17)19-7-4-3-5-8-19/h9-12,17,19,23H,2-8,13-16H2,1H3,(H,24,27). The second kappa shape index (κ2) is 11.1. The predicted molar refractivity (Wildman–Crippen MR) is 118 cm³/mol. The third-order valence-corrected chi connectivity index (χ3v) is 7.42. The molecule has 2 N–H and O–H groups in total. The number of ether oxygens (including phenoxy) is 1. The van der Waals surface area contributed by atoms with Crippen LogP contribution in [0.15, 0.2) is 29.2 Å². The highest BCUT2D eigenvalue weighted by Crippen LogP contribution is 2.29. The van der Waals surface area contributed by atoms with Crippen molar-refractivity contribution in [1.82, 2.24) is 9.62 Å². The van der Waals surface area contributed by atoms with Gasteiger partial charge in [0.2, 0.25) is 21.8 Å². The van der Waals surface area contributed by atoms with E-state index in [4.69, 9.17) is 4.74 Å². The summed E-state index contributed by atoms with van der Waals surface area (Å²) in [7, 11) is -3.60. The first kappa shape index (κ1) is 23.7. The number of sulfonamides is 1. The van der Waals surface area contributed by atoms with Crippen LogP contribution in [0.25, 0.3) is 0 Å². The lowest BCUT2D eigenvalue weighted by Gasteiger charge is -2.31. The van der Waals surface area contributed by atoms with Gasteiger partial charge in [-0.3, -0.25) is 9.59 Å². The van der Waals surface area contributed by atoms with Gasteiger partial charge in [0.25, 0.3) is 0 Å². The molecule has 1 aromatic rings. The van der Waals surface area contributed by atoms with Crippen molar-refractivity contribution in [2.45, 2.75) is 62.8 Å². The summed E-state index contributed by atoms with van der Waals surface area (Å²) in [4.78, 5) is 27.1. The monoisotopic (exact) mass is 451 g/mol. The SMILES string of the molecule is CCOCCCNS(=O)(=O)c1ccc(NC(=O)C2CC(=O)N(C3CCCCC3)C2)cc1. The molecular weight excluding hydrogens is 418 g/mol. The topological polar surface area (TPSA) is 105 Å². The van der Waals surface area contributed by atoms with Crippen LogP contribution in [-0.4, -0.2) is 57.5 Å². The Bertz CT molecular complexity index is 850. The Hall–Kier alpha value is -1.97. The van der Waals surface area contributed by atoms with Gasteiger partial charge in [-0.25, -0.2) is 13.1 Å². The molecule has 1 atom stereocenters. The van der Waals surface area contributed by atoms with Crippen LogP contribution in [0.1, 0.15) is 51.9 Å². The molecule has 9 heteroatoms. The summed E-state index contributed by atoms with van der Waals surface area (Å²) in [6.07, 6.45) is 6.38. The maximum atomic E-state index is 12.7. The molecule has 8 nitrogen and oxygen atoms in total. The van der Waals surface area contributed by atoms with Crippen LogP contribution >= 0.6 is 0 Å². The number of nitrogens with zero attached hydrogens (tertiary/aromatic N) is 1. The lowest BCUT2D eigenvalue weighted by molar-refractivity contribution is -0.130. The molecule has 2 fully saturated rings. The average molecular weight is 452 g/mol. The quantitative estimate of drug-likeness (QED) is 0.532. The second-order valence-electron chi connectivity index (χ2n) is 8.20. The number of carbonyl (C=O) groups is 2. The molecule has 1 aliphatic carbocycles. The molecule has 2 aliphatic rings. The number of amides is 2. The van der Waals surface area contributed by atoms with Crippen LogP contribution in [-0.2, 0) is 24.3 Å². The Balaban J connectivity index is 1.51. The molecule has 0 spiro atoms. The Morgan fingerprint density at radius 1 is 1.16 bits per heavy atom. The molecule has 1 aliphatic heterocycles. The first-order chi connectivity index (χ1) is 14.9. The average Bonchev–Trinajstić information content (AvgIpc) is 3.16. The number of anilines is 1. The first-order valence-corrected chi connectivity index (χ1v) is 12.7. The zero-order valence-electron chi connectivity index (χ0n) is 18.1. The van der Waals surface area contributed by atoms with Crippen molar-refractivity contribution < 1.29 is 22.7 Å². The molecule has 2 amide bonds. The molecule has 31 heavy (non-hydrogen) atoms. The molecule has 172 valence electrons. The highest BCUT2D eigenvalue weighted by atomic mass is 32.2. The van der Waals surface area contributed by atoms with Gasteiger partial charge < -0.3 is 15.0 Å². The number of hydrogen-bond acceptors (Lipinski definition) is 5. The summed E-state index contributed by atoms with van der Waals surface area (Å²) in [6.45, 7) is 3.77. The summed E-state index contributed by atoms with van der Waals surface area (Å²) < 4.78 is 32.4. The maximum absolute atomic E-state index is 12.7. The summed E-state index contributed by atoms with van der Waals surface area (Å²) in [6, 6.07) is 6.35. The Labute approximate surface area is 184 Å². The van der Waals surface area contributed by atoms with Crippen LogP contribution in [0, 0.1) is 5.92 Å². The molecule has 1 saturated heterocycles. The van der Waals surface area contributed by atoms with Gasteiger partial charge in [0.05, 0.1) is 10.8 Å². The summed E-state index contributed by atoms with van der Waals surface area (Å²) in [5.41, 5.74) is 0.517. The summed E-state index contributed by atoms with van der Waals surface area (Å²) >= 11 is 0. The number of benzene rings is 1. The van der Waals surface area contributed by atoms with Crippen molar-refractivity contribution >= 4 is 27.5 Å². The van der Waals surface area contributed by atoms with E-state index in [9.17, 15) is 18.0 Å². The van der Waals surface area contributed by atoms with Gasteiger partial charge in [0, 0.05) is 44.5 Å². The zero-order chi connectivity index (χ0) is 22.3. The number of nitrogens with one attached hydrogen (secondary N) is 2. The van der Waals surface area contributed by atoms with E-state index in [1.54, 1.807) is 12.1 Å². The molecule has 0 aromatic heterocycles. The number of likely N-dealkylation sites (tertiary alicyclic amines) is 1. The summed E-state index contributed by atoms with van der Waals surface area (Å²) in [5.74, 6) is -0.509. The van der Waals surface area contributed by atoms with Crippen molar-refractivity contribution in [2.75, 3.05) is 31.6 Å². The van der Waals surface area contributed by atoms with Crippen LogP contribution in [0.3, 0.4) is 0 Å². The third-order valence-electron chi connectivity index (χ3n) is 5.94. The molecule has 1 aromatic carbocycles. The van der Waals surface area contributed by atoms with Crippen molar-refractivity contribution in [3.8, 4) is 0 Å². The van der Waals surface area contributed by atoms with Gasteiger partial charge in [-0.05, 0) is 50.5 Å². The van der Waals surface area contributed by atoms with Gasteiger partial charge in [-0.2, -0.15) is 0 Å². The minimum atomic E-state index is -3.60. The molecule has 1 saturated carbocycles. The van der Waals surface area contributed by atoms with Gasteiger partial charge in [0.15, 0.2) is 0 Å². The Kier molecular flexibility index (Phi) is 8.45. The molecule has 0 radical (unpaired) electrons. The Morgan fingerprint density at radius 3 is 2.55 bits per heavy atom. The molecule has 0 bridgehead atoms. The number of hydrogen-bond donors (Lipinski definition) is 2. The van der Waals surface area contributed by atoms with E-state index in [1.807, 2.05) is 11.8 Å². The normalized spacial score (nSPS) is 20.2. The number of carbonyl (C=O) groups excluding carboxylic acids is 2. The largest absolute Gasteiger partial charge is 0.382 e. The fourth-order valence-corrected chi connectivity index (χ4v) is 5.30. The molecule has 1 heterocycles. The van der Waals surface area contributed by atoms with Crippen molar-refractivity contribution in [1.29, 1.82) is 0 Å². The van der Waals surface area contributed by atoms with Gasteiger partial charge in [0.1, 0.15) is 0 Å². The van der Waals surface area contributed by atoms with Crippen molar-refractivity contribution in [2.24, 2.45) is 5.92 Å². The van der Waals surface area contributed by atoms with Crippen LogP contribution < -0.4 is 10.0 Å². The minimum Gasteiger partial charge on any atom is -0.382 e. The minimum absolute atomic E-state index is 0.0592. The molecule has 3 rings (SSSR count). The highest BCUT2D eigenvalue weighted by molar-refractivity contribution is 7.89. The second-order valence-corrected chi connectivity index (χ2v) is 9.97. The van der Waals surface area contributed by atoms with Gasteiger partial charge in [-0.1, -0.05) is 19.3 Å². The van der Waals surface area contributed by atoms with Gasteiger partial charge >= 0.3 is 0 Å². The highest BCUT2D eigenvalue weighted by Gasteiger charge is 2.38. The molecule has 1 unspecified atom stereocenters. The van der Waals surface area contributed by atoms with E-state index in [0.717, 1.165) is 25.7 Å². The van der Waals surface area contributed by atoms with E-state index < -0.39 is 10.0 Å². The fraction of sp³-hybridized carbons (Fsp3) is 0.636. The van der Waals surface area contributed by atoms with E-state index in [-0.39, 0.29) is 35.1 Å².